The Morgan fingerprint density at radius 3 is 2.76 bits per heavy atom. The molecule has 0 aliphatic heterocycles. The van der Waals surface area contributed by atoms with Crippen LogP contribution in [0.15, 0.2) is 30.3 Å². The van der Waals surface area contributed by atoms with E-state index >= 15 is 0 Å². The van der Waals surface area contributed by atoms with Gasteiger partial charge in [0.1, 0.15) is 0 Å². The summed E-state index contributed by atoms with van der Waals surface area (Å²) >= 11 is 6.15. The number of benzene rings is 1. The van der Waals surface area contributed by atoms with E-state index in [9.17, 15) is 4.79 Å². The summed E-state index contributed by atoms with van der Waals surface area (Å²) in [7, 11) is 0. The molecule has 1 aromatic carbocycles. The van der Waals surface area contributed by atoms with E-state index in [0.717, 1.165) is 5.56 Å². The van der Waals surface area contributed by atoms with Crippen LogP contribution in [0, 0.1) is 0 Å². The molecule has 1 N–H and O–H groups in total. The van der Waals surface area contributed by atoms with Gasteiger partial charge in [-0.05, 0) is 24.7 Å². The molecule has 0 saturated carbocycles. The van der Waals surface area contributed by atoms with E-state index in [4.69, 9.17) is 17.0 Å². The summed E-state index contributed by atoms with van der Waals surface area (Å²) in [5.41, 5.74) is 1.08. The monoisotopic (exact) mass is 269 g/mol. The van der Waals surface area contributed by atoms with Crippen molar-refractivity contribution in [1.29, 1.82) is 0 Å². The fraction of sp³-hybridized carbons (Fsp3) is 0.333. The summed E-state index contributed by atoms with van der Waals surface area (Å²) in [6.45, 7) is 2.95. The minimum absolute atomic E-state index is 0.0408. The van der Waals surface area contributed by atoms with Gasteiger partial charge in [-0.25, -0.2) is 0 Å². The van der Waals surface area contributed by atoms with Crippen molar-refractivity contribution in [2.75, 3.05) is 12.4 Å². The van der Waals surface area contributed by atoms with Gasteiger partial charge in [0.2, 0.25) is 10.3 Å². The number of thiocarbonyl (C=S) groups is 1. The summed E-state index contributed by atoms with van der Waals surface area (Å²) in [5.74, 6) is 0.256. The molecule has 0 saturated heterocycles. The molecule has 3 nitrogen and oxygen atoms in total. The van der Waals surface area contributed by atoms with E-state index in [-0.39, 0.29) is 5.91 Å². The molecule has 1 rings (SSSR count). The Labute approximate surface area is 111 Å². The second-order valence-electron chi connectivity index (χ2n) is 3.23. The van der Waals surface area contributed by atoms with Crippen molar-refractivity contribution in [1.82, 2.24) is 5.32 Å². The normalized spacial score (nSPS) is 9.71. The average Bonchev–Trinajstić information content (AvgIpc) is 2.35. The van der Waals surface area contributed by atoms with Crippen LogP contribution in [0.5, 0.6) is 0 Å². The molecule has 0 heterocycles. The maximum atomic E-state index is 11.5. The van der Waals surface area contributed by atoms with Gasteiger partial charge in [-0.3, -0.25) is 4.79 Å². The van der Waals surface area contributed by atoms with Crippen LogP contribution >= 0.6 is 24.0 Å². The summed E-state index contributed by atoms with van der Waals surface area (Å²) in [6.07, 6.45) is 0. The number of hydrogen-bond acceptors (Lipinski definition) is 4. The molecule has 0 aromatic heterocycles. The molecule has 0 bridgehead atoms. The maximum Gasteiger partial charge on any atom is 0.230 e. The van der Waals surface area contributed by atoms with E-state index in [0.29, 0.717) is 23.3 Å². The number of ether oxygens (including phenoxy) is 1. The number of carbonyl (C=O) groups excluding carboxylic acids is 1. The van der Waals surface area contributed by atoms with Crippen LogP contribution in [0.2, 0.25) is 0 Å². The SMILES string of the molecule is CCOC(=S)SCC(=O)NCc1ccccc1. The van der Waals surface area contributed by atoms with Crippen LogP contribution in [0.4, 0.5) is 0 Å². The van der Waals surface area contributed by atoms with Gasteiger partial charge in [0.25, 0.3) is 0 Å². The van der Waals surface area contributed by atoms with E-state index in [1.807, 2.05) is 37.3 Å². The van der Waals surface area contributed by atoms with Crippen molar-refractivity contribution < 1.29 is 9.53 Å². The zero-order valence-corrected chi connectivity index (χ0v) is 11.3. The Morgan fingerprint density at radius 2 is 2.12 bits per heavy atom. The summed E-state index contributed by atoms with van der Waals surface area (Å²) < 4.78 is 5.49. The average molecular weight is 269 g/mol. The lowest BCUT2D eigenvalue weighted by Gasteiger charge is -2.06. The Morgan fingerprint density at radius 1 is 1.41 bits per heavy atom. The van der Waals surface area contributed by atoms with Gasteiger partial charge >= 0.3 is 0 Å². The van der Waals surface area contributed by atoms with E-state index < -0.39 is 0 Å². The minimum atomic E-state index is -0.0408. The molecule has 0 fully saturated rings. The van der Waals surface area contributed by atoms with Gasteiger partial charge in [0.15, 0.2) is 0 Å². The molecular formula is C12H15NO2S2. The first kappa shape index (κ1) is 14.0. The number of hydrogen-bond donors (Lipinski definition) is 1. The number of carbonyl (C=O) groups is 1. The highest BCUT2D eigenvalue weighted by Gasteiger charge is 2.04. The van der Waals surface area contributed by atoms with Crippen LogP contribution in [0.1, 0.15) is 12.5 Å². The molecule has 1 aromatic rings. The lowest BCUT2D eigenvalue weighted by molar-refractivity contribution is -0.118. The van der Waals surface area contributed by atoms with Crippen LogP contribution < -0.4 is 5.32 Å². The second kappa shape index (κ2) is 8.08. The fourth-order valence-electron chi connectivity index (χ4n) is 1.13. The van der Waals surface area contributed by atoms with E-state index in [1.165, 1.54) is 11.8 Å². The van der Waals surface area contributed by atoms with Gasteiger partial charge in [-0.1, -0.05) is 42.1 Å². The van der Waals surface area contributed by atoms with Crippen LogP contribution in [0.3, 0.4) is 0 Å². The van der Waals surface area contributed by atoms with Crippen LogP contribution in [-0.4, -0.2) is 22.6 Å². The molecule has 0 aliphatic carbocycles. The molecule has 0 unspecified atom stereocenters. The predicted molar refractivity (Wildman–Crippen MR) is 75.0 cm³/mol. The molecule has 1 amide bonds. The van der Waals surface area contributed by atoms with Gasteiger partial charge in [0.05, 0.1) is 12.4 Å². The Kier molecular flexibility index (Phi) is 6.65. The van der Waals surface area contributed by atoms with Crippen molar-refractivity contribution in [3.63, 3.8) is 0 Å². The largest absolute Gasteiger partial charge is 0.479 e. The van der Waals surface area contributed by atoms with Crippen molar-refractivity contribution in [2.45, 2.75) is 13.5 Å². The first-order valence-electron chi connectivity index (χ1n) is 5.32. The van der Waals surface area contributed by atoms with Gasteiger partial charge in [-0.2, -0.15) is 0 Å². The van der Waals surface area contributed by atoms with Gasteiger partial charge in [-0.15, -0.1) is 0 Å². The molecule has 0 atom stereocenters. The van der Waals surface area contributed by atoms with Crippen molar-refractivity contribution in [3.8, 4) is 0 Å². The molecule has 17 heavy (non-hydrogen) atoms. The molecular weight excluding hydrogens is 254 g/mol. The van der Waals surface area contributed by atoms with Crippen LogP contribution in [0.25, 0.3) is 0 Å². The molecule has 5 heteroatoms. The standard InChI is InChI=1S/C12H15NO2S2/c1-2-15-12(16)17-9-11(14)13-8-10-6-4-3-5-7-10/h3-7H,2,8-9H2,1H3,(H,13,14). The molecule has 0 aliphatic rings. The summed E-state index contributed by atoms with van der Waals surface area (Å²) in [5, 5.41) is 2.82. The zero-order chi connectivity index (χ0) is 12.5. The zero-order valence-electron chi connectivity index (χ0n) is 9.64. The first-order valence-corrected chi connectivity index (χ1v) is 6.72. The Balaban J connectivity index is 2.20. The number of thioether (sulfide) groups is 1. The van der Waals surface area contributed by atoms with Crippen LogP contribution in [-0.2, 0) is 16.1 Å². The molecule has 92 valence electrons. The Hall–Kier alpha value is -1.07. The fourth-order valence-corrected chi connectivity index (χ4v) is 1.98. The van der Waals surface area contributed by atoms with Crippen molar-refractivity contribution in [2.24, 2.45) is 0 Å². The molecule has 0 spiro atoms. The third-order valence-electron chi connectivity index (χ3n) is 1.92. The highest BCUT2D eigenvalue weighted by molar-refractivity contribution is 8.23. The highest BCUT2D eigenvalue weighted by Crippen LogP contribution is 2.05. The topological polar surface area (TPSA) is 38.3 Å². The smallest absolute Gasteiger partial charge is 0.230 e. The minimum Gasteiger partial charge on any atom is -0.479 e. The van der Waals surface area contributed by atoms with Crippen molar-refractivity contribution in [3.05, 3.63) is 35.9 Å². The van der Waals surface area contributed by atoms with Gasteiger partial charge in [0, 0.05) is 6.54 Å². The Bertz CT molecular complexity index is 368. The highest BCUT2D eigenvalue weighted by atomic mass is 32.2. The predicted octanol–water partition coefficient (Wildman–Crippen LogP) is 2.36. The quantitative estimate of drug-likeness (QED) is 0.833. The summed E-state index contributed by atoms with van der Waals surface area (Å²) in [6, 6.07) is 9.78. The number of amides is 1. The summed E-state index contributed by atoms with van der Waals surface area (Å²) in [4.78, 5) is 11.5. The third-order valence-corrected chi connectivity index (χ3v) is 3.15. The number of nitrogens with one attached hydrogen (secondary N) is 1. The second-order valence-corrected chi connectivity index (χ2v) is 4.81. The van der Waals surface area contributed by atoms with E-state index in [2.05, 4.69) is 5.32 Å². The maximum absolute atomic E-state index is 11.5. The van der Waals surface area contributed by atoms with Crippen molar-refractivity contribution >= 4 is 34.3 Å². The van der Waals surface area contributed by atoms with E-state index in [1.54, 1.807) is 0 Å². The molecule has 0 radical (unpaired) electrons. The lowest BCUT2D eigenvalue weighted by atomic mass is 10.2. The lowest BCUT2D eigenvalue weighted by Crippen LogP contribution is -2.25. The third kappa shape index (κ3) is 6.28. The number of rotatable bonds is 5. The first-order chi connectivity index (χ1) is 8.22. The van der Waals surface area contributed by atoms with Gasteiger partial charge < -0.3 is 10.1 Å².